The summed E-state index contributed by atoms with van der Waals surface area (Å²) in [7, 11) is 0. The van der Waals surface area contributed by atoms with Gasteiger partial charge in [0.15, 0.2) is 0 Å². The van der Waals surface area contributed by atoms with E-state index < -0.39 is 0 Å². The Morgan fingerprint density at radius 1 is 1.20 bits per heavy atom. The monoisotopic (exact) mass is 140 g/mol. The molecule has 0 aromatic carbocycles. The second kappa shape index (κ2) is 4.47. The molecule has 0 bridgehead atoms. The highest BCUT2D eigenvalue weighted by molar-refractivity contribution is 4.85. The van der Waals surface area contributed by atoms with Crippen molar-refractivity contribution in [3.8, 4) is 0 Å². The summed E-state index contributed by atoms with van der Waals surface area (Å²) in [5, 5.41) is 10.00. The molecule has 0 aromatic rings. The van der Waals surface area contributed by atoms with Crippen LogP contribution in [0.25, 0.3) is 0 Å². The van der Waals surface area contributed by atoms with Crippen LogP contribution in [0.2, 0.25) is 0 Å². The highest BCUT2D eigenvalue weighted by Crippen LogP contribution is 2.05. The van der Waals surface area contributed by atoms with Crippen LogP contribution < -0.4 is 0 Å². The average molecular weight is 140 g/mol. The lowest BCUT2D eigenvalue weighted by Crippen LogP contribution is -2.18. The van der Waals surface area contributed by atoms with Gasteiger partial charge in [-0.1, -0.05) is 12.2 Å². The second-order valence-electron chi connectivity index (χ2n) is 2.65. The van der Waals surface area contributed by atoms with Crippen molar-refractivity contribution in [3.63, 3.8) is 0 Å². The molecule has 0 aromatic heterocycles. The van der Waals surface area contributed by atoms with Crippen LogP contribution in [0.3, 0.4) is 0 Å². The Kier molecular flexibility index (Phi) is 3.47. The van der Waals surface area contributed by atoms with Crippen molar-refractivity contribution in [3.05, 3.63) is 12.2 Å². The smallest absolute Gasteiger partial charge is 0.100 e. The molecule has 0 aliphatic carbocycles. The van der Waals surface area contributed by atoms with E-state index in [-0.39, 0.29) is 6.61 Å². The van der Waals surface area contributed by atoms with Crippen molar-refractivity contribution >= 4 is 0 Å². The summed E-state index contributed by atoms with van der Waals surface area (Å²) in [5.74, 6) is 0. The van der Waals surface area contributed by atoms with Crippen LogP contribution >= 0.6 is 0 Å². The molecule has 0 spiro atoms. The summed E-state index contributed by atoms with van der Waals surface area (Å²) in [6, 6.07) is 0. The summed E-state index contributed by atoms with van der Waals surface area (Å²) in [5.41, 5.74) is 0. The second-order valence-corrected chi connectivity index (χ2v) is 2.65. The molecule has 0 amide bonds. The van der Waals surface area contributed by atoms with Crippen LogP contribution in [0.5, 0.6) is 0 Å². The fraction of sp³-hybridized carbons (Fsp3) is 0.750. The highest BCUT2D eigenvalue weighted by Gasteiger charge is 2.08. The molecular formula is C8H14NO. The number of hydrogen-bond donors (Lipinski definition) is 0. The first-order valence-corrected chi connectivity index (χ1v) is 3.89. The maximum atomic E-state index is 10.00. The van der Waals surface area contributed by atoms with Crippen LogP contribution in [-0.2, 0) is 5.11 Å². The summed E-state index contributed by atoms with van der Waals surface area (Å²) < 4.78 is 0. The van der Waals surface area contributed by atoms with Gasteiger partial charge in [0.1, 0.15) is 6.61 Å². The summed E-state index contributed by atoms with van der Waals surface area (Å²) in [6.07, 6.45) is 6.31. The molecule has 0 saturated carbocycles. The summed E-state index contributed by atoms with van der Waals surface area (Å²) >= 11 is 0. The van der Waals surface area contributed by atoms with Gasteiger partial charge in [0, 0.05) is 6.54 Å². The van der Waals surface area contributed by atoms with Crippen LogP contribution in [0.4, 0.5) is 0 Å². The third-order valence-electron chi connectivity index (χ3n) is 1.83. The van der Waals surface area contributed by atoms with Crippen molar-refractivity contribution in [1.29, 1.82) is 0 Å². The van der Waals surface area contributed by atoms with E-state index >= 15 is 0 Å². The molecule has 0 unspecified atom stereocenters. The highest BCUT2D eigenvalue weighted by atomic mass is 16.2. The molecule has 1 fully saturated rings. The zero-order valence-electron chi connectivity index (χ0n) is 6.25. The van der Waals surface area contributed by atoms with Gasteiger partial charge in [0.25, 0.3) is 0 Å². The summed E-state index contributed by atoms with van der Waals surface area (Å²) in [4.78, 5) is 2.37. The Bertz CT molecular complexity index is 106. The van der Waals surface area contributed by atoms with Gasteiger partial charge in [0.05, 0.1) is 0 Å². The van der Waals surface area contributed by atoms with Gasteiger partial charge < -0.3 is 0 Å². The maximum Gasteiger partial charge on any atom is 0.100 e. The molecule has 1 rings (SSSR count). The standard InChI is InChI=1S/C8H14NO/c10-8-4-3-7-9-5-1-2-6-9/h3-4H,1-2,5-8H2. The first-order chi connectivity index (χ1) is 4.93. The van der Waals surface area contributed by atoms with Gasteiger partial charge in [-0.05, 0) is 25.9 Å². The first-order valence-electron chi connectivity index (χ1n) is 3.89. The van der Waals surface area contributed by atoms with Crippen molar-refractivity contribution in [1.82, 2.24) is 4.90 Å². The Morgan fingerprint density at radius 3 is 2.50 bits per heavy atom. The largest absolute Gasteiger partial charge is 0.300 e. The van der Waals surface area contributed by atoms with Crippen molar-refractivity contribution in [2.45, 2.75) is 12.8 Å². The molecule has 1 saturated heterocycles. The minimum Gasteiger partial charge on any atom is -0.300 e. The van der Waals surface area contributed by atoms with Gasteiger partial charge in [-0.25, -0.2) is 5.11 Å². The van der Waals surface area contributed by atoms with Crippen LogP contribution in [0.1, 0.15) is 12.8 Å². The number of hydrogen-bond acceptors (Lipinski definition) is 1. The van der Waals surface area contributed by atoms with Gasteiger partial charge in [-0.15, -0.1) is 0 Å². The van der Waals surface area contributed by atoms with Gasteiger partial charge in [-0.3, -0.25) is 4.90 Å². The Hall–Kier alpha value is -0.340. The lowest BCUT2D eigenvalue weighted by Gasteiger charge is -2.09. The van der Waals surface area contributed by atoms with Crippen LogP contribution in [-0.4, -0.2) is 31.1 Å². The van der Waals surface area contributed by atoms with E-state index in [2.05, 4.69) is 4.90 Å². The molecule has 0 N–H and O–H groups in total. The van der Waals surface area contributed by atoms with E-state index in [1.165, 1.54) is 25.9 Å². The third-order valence-corrected chi connectivity index (χ3v) is 1.83. The number of likely N-dealkylation sites (tertiary alicyclic amines) is 1. The predicted molar refractivity (Wildman–Crippen MR) is 40.4 cm³/mol. The van der Waals surface area contributed by atoms with Crippen LogP contribution in [0, 0.1) is 0 Å². The number of rotatable bonds is 3. The molecule has 1 heterocycles. The Morgan fingerprint density at radius 2 is 1.90 bits per heavy atom. The quantitative estimate of drug-likeness (QED) is 0.538. The fourth-order valence-electron chi connectivity index (χ4n) is 1.26. The van der Waals surface area contributed by atoms with E-state index in [9.17, 15) is 5.11 Å². The molecule has 1 aliphatic heterocycles. The molecule has 0 atom stereocenters. The van der Waals surface area contributed by atoms with Gasteiger partial charge >= 0.3 is 0 Å². The number of nitrogens with zero attached hydrogens (tertiary/aromatic N) is 1. The van der Waals surface area contributed by atoms with E-state index in [4.69, 9.17) is 0 Å². The average Bonchev–Trinajstić information content (AvgIpc) is 2.41. The van der Waals surface area contributed by atoms with E-state index in [1.54, 1.807) is 6.08 Å². The van der Waals surface area contributed by atoms with Crippen LogP contribution in [0.15, 0.2) is 12.2 Å². The lowest BCUT2D eigenvalue weighted by molar-refractivity contribution is 0.231. The minimum absolute atomic E-state index is 0.0756. The molecule has 2 heteroatoms. The lowest BCUT2D eigenvalue weighted by atomic mass is 10.4. The molecule has 10 heavy (non-hydrogen) atoms. The normalized spacial score (nSPS) is 20.9. The summed E-state index contributed by atoms with van der Waals surface area (Å²) in [6.45, 7) is 3.32. The fourth-order valence-corrected chi connectivity index (χ4v) is 1.26. The van der Waals surface area contributed by atoms with E-state index in [1.807, 2.05) is 6.08 Å². The third kappa shape index (κ3) is 2.50. The predicted octanol–water partition coefficient (Wildman–Crippen LogP) is 1.07. The first kappa shape index (κ1) is 7.76. The van der Waals surface area contributed by atoms with E-state index in [0.29, 0.717) is 0 Å². The molecule has 1 radical (unpaired) electrons. The Labute approximate surface area is 62.2 Å². The topological polar surface area (TPSA) is 23.1 Å². The van der Waals surface area contributed by atoms with E-state index in [0.717, 1.165) is 6.54 Å². The zero-order valence-corrected chi connectivity index (χ0v) is 6.25. The van der Waals surface area contributed by atoms with Gasteiger partial charge in [0.2, 0.25) is 0 Å². The SMILES string of the molecule is [O]CC=CCN1CCCC1. The maximum absolute atomic E-state index is 10.00. The molecule has 57 valence electrons. The molecule has 2 nitrogen and oxygen atoms in total. The molecule has 1 aliphatic rings. The van der Waals surface area contributed by atoms with Gasteiger partial charge in [-0.2, -0.15) is 0 Å². The van der Waals surface area contributed by atoms with Crippen molar-refractivity contribution < 1.29 is 5.11 Å². The van der Waals surface area contributed by atoms with Crippen molar-refractivity contribution in [2.24, 2.45) is 0 Å². The zero-order chi connectivity index (χ0) is 7.23. The minimum atomic E-state index is -0.0756. The Balaban J connectivity index is 2.06. The molecular weight excluding hydrogens is 126 g/mol. The van der Waals surface area contributed by atoms with Crippen molar-refractivity contribution in [2.75, 3.05) is 26.2 Å².